The van der Waals surface area contributed by atoms with Gasteiger partial charge in [0.15, 0.2) is 11.5 Å². The Morgan fingerprint density at radius 1 is 1.38 bits per heavy atom. The van der Waals surface area contributed by atoms with Gasteiger partial charge in [-0.25, -0.2) is 0 Å². The molecule has 1 aliphatic heterocycles. The summed E-state index contributed by atoms with van der Waals surface area (Å²) >= 11 is 6.29. The number of likely N-dealkylation sites (tertiary alicyclic amines) is 1. The summed E-state index contributed by atoms with van der Waals surface area (Å²) in [5.41, 5.74) is 0.540. The number of rotatable bonds is 6. The molecule has 2 rings (SSSR count). The van der Waals surface area contributed by atoms with E-state index in [4.69, 9.17) is 21.1 Å². The maximum atomic E-state index is 12.7. The lowest BCUT2D eigenvalue weighted by Gasteiger charge is -2.32. The van der Waals surface area contributed by atoms with Gasteiger partial charge in [0.2, 0.25) is 0 Å². The Morgan fingerprint density at radius 3 is 2.58 bits per heavy atom. The van der Waals surface area contributed by atoms with Crippen LogP contribution in [0.5, 0.6) is 11.5 Å². The van der Waals surface area contributed by atoms with Gasteiger partial charge in [-0.2, -0.15) is 0 Å². The standard InChI is InChI=1S/C17H25ClN2O3.ClH/c1-4-9-23-16-14(18)10-12(11-15(16)22-3)17(21)20-7-5-13(19-2)6-8-20;/h10-11,13,19H,4-9H2,1-3H3;1H. The van der Waals surface area contributed by atoms with E-state index in [1.165, 1.54) is 0 Å². The molecule has 0 unspecified atom stereocenters. The molecule has 1 N–H and O–H groups in total. The Hall–Kier alpha value is -1.17. The average molecular weight is 377 g/mol. The molecule has 0 atom stereocenters. The number of benzene rings is 1. The van der Waals surface area contributed by atoms with Crippen molar-refractivity contribution in [1.29, 1.82) is 0 Å². The third-order valence-corrected chi connectivity index (χ3v) is 4.40. The molecular formula is C17H26Cl2N2O3. The first-order valence-corrected chi connectivity index (χ1v) is 8.45. The summed E-state index contributed by atoms with van der Waals surface area (Å²) in [6, 6.07) is 3.87. The van der Waals surface area contributed by atoms with E-state index in [1.807, 2.05) is 18.9 Å². The maximum Gasteiger partial charge on any atom is 0.254 e. The number of nitrogens with one attached hydrogen (secondary N) is 1. The second-order valence-electron chi connectivity index (χ2n) is 5.69. The van der Waals surface area contributed by atoms with Crippen molar-refractivity contribution in [2.24, 2.45) is 0 Å². The van der Waals surface area contributed by atoms with E-state index in [2.05, 4.69) is 5.32 Å². The third kappa shape index (κ3) is 4.91. The first kappa shape index (κ1) is 20.9. The number of halogens is 2. The van der Waals surface area contributed by atoms with E-state index in [-0.39, 0.29) is 18.3 Å². The number of hydrogen-bond acceptors (Lipinski definition) is 4. The van der Waals surface area contributed by atoms with Crippen LogP contribution in [0.3, 0.4) is 0 Å². The highest BCUT2D eigenvalue weighted by Crippen LogP contribution is 2.37. The molecule has 1 amide bonds. The fourth-order valence-electron chi connectivity index (χ4n) is 2.74. The SMILES string of the molecule is CCCOc1c(Cl)cc(C(=O)N2CCC(NC)CC2)cc1OC.Cl. The number of hydrogen-bond donors (Lipinski definition) is 1. The fraction of sp³-hybridized carbons (Fsp3) is 0.588. The van der Waals surface area contributed by atoms with Crippen molar-refractivity contribution in [3.8, 4) is 11.5 Å². The highest BCUT2D eigenvalue weighted by Gasteiger charge is 2.24. The van der Waals surface area contributed by atoms with E-state index >= 15 is 0 Å². The van der Waals surface area contributed by atoms with Gasteiger partial charge >= 0.3 is 0 Å². The topological polar surface area (TPSA) is 50.8 Å². The van der Waals surface area contributed by atoms with Crippen molar-refractivity contribution in [2.75, 3.05) is 33.9 Å². The molecule has 1 fully saturated rings. The predicted molar refractivity (Wildman–Crippen MR) is 99.0 cm³/mol. The molecule has 1 heterocycles. The largest absolute Gasteiger partial charge is 0.493 e. The van der Waals surface area contributed by atoms with Crippen LogP contribution in [0.4, 0.5) is 0 Å². The molecule has 7 heteroatoms. The minimum atomic E-state index is -0.0122. The molecule has 5 nitrogen and oxygen atoms in total. The smallest absolute Gasteiger partial charge is 0.254 e. The number of methoxy groups -OCH3 is 1. The lowest BCUT2D eigenvalue weighted by Crippen LogP contribution is -2.43. The summed E-state index contributed by atoms with van der Waals surface area (Å²) in [7, 11) is 3.51. The Kier molecular flexibility index (Phi) is 8.67. The highest BCUT2D eigenvalue weighted by molar-refractivity contribution is 6.32. The van der Waals surface area contributed by atoms with Gasteiger partial charge in [-0.1, -0.05) is 18.5 Å². The van der Waals surface area contributed by atoms with Gasteiger partial charge in [-0.05, 0) is 38.4 Å². The lowest BCUT2D eigenvalue weighted by atomic mass is 10.0. The van der Waals surface area contributed by atoms with E-state index in [0.29, 0.717) is 34.7 Å². The Labute approximate surface area is 155 Å². The molecule has 0 saturated carbocycles. The number of carbonyl (C=O) groups is 1. The van der Waals surface area contributed by atoms with Crippen LogP contribution in [0, 0.1) is 0 Å². The van der Waals surface area contributed by atoms with Crippen LogP contribution in [0.15, 0.2) is 12.1 Å². The van der Waals surface area contributed by atoms with Crippen LogP contribution >= 0.6 is 24.0 Å². The summed E-state index contributed by atoms with van der Waals surface area (Å²) in [5, 5.41) is 3.67. The Bertz CT molecular complexity index is 547. The van der Waals surface area contributed by atoms with Crippen molar-refractivity contribution in [3.05, 3.63) is 22.7 Å². The van der Waals surface area contributed by atoms with Crippen LogP contribution in [0.2, 0.25) is 5.02 Å². The minimum Gasteiger partial charge on any atom is -0.493 e. The van der Waals surface area contributed by atoms with Crippen molar-refractivity contribution < 1.29 is 14.3 Å². The molecule has 0 aliphatic carbocycles. The summed E-state index contributed by atoms with van der Waals surface area (Å²) < 4.78 is 11.0. The molecule has 1 aliphatic rings. The summed E-state index contributed by atoms with van der Waals surface area (Å²) in [4.78, 5) is 14.6. The molecule has 1 aromatic rings. The van der Waals surface area contributed by atoms with Crippen molar-refractivity contribution in [3.63, 3.8) is 0 Å². The van der Waals surface area contributed by atoms with E-state index in [9.17, 15) is 4.79 Å². The number of amides is 1. The third-order valence-electron chi connectivity index (χ3n) is 4.12. The van der Waals surface area contributed by atoms with Crippen LogP contribution in [-0.4, -0.2) is 50.7 Å². The van der Waals surface area contributed by atoms with Gasteiger partial charge in [0.05, 0.1) is 18.7 Å². The van der Waals surface area contributed by atoms with Gasteiger partial charge in [0.1, 0.15) is 0 Å². The maximum absolute atomic E-state index is 12.7. The monoisotopic (exact) mass is 376 g/mol. The highest BCUT2D eigenvalue weighted by atomic mass is 35.5. The number of ether oxygens (including phenoxy) is 2. The van der Waals surface area contributed by atoms with Crippen LogP contribution < -0.4 is 14.8 Å². The molecule has 1 aromatic carbocycles. The molecule has 0 aromatic heterocycles. The molecule has 0 radical (unpaired) electrons. The van der Waals surface area contributed by atoms with Crippen molar-refractivity contribution >= 4 is 29.9 Å². The van der Waals surface area contributed by atoms with Crippen LogP contribution in [-0.2, 0) is 0 Å². The first-order chi connectivity index (χ1) is 11.1. The zero-order chi connectivity index (χ0) is 16.8. The van der Waals surface area contributed by atoms with E-state index in [1.54, 1.807) is 19.2 Å². The second kappa shape index (κ2) is 9.97. The number of nitrogens with zero attached hydrogens (tertiary/aromatic N) is 1. The molecule has 0 spiro atoms. The minimum absolute atomic E-state index is 0. The zero-order valence-electron chi connectivity index (χ0n) is 14.4. The van der Waals surface area contributed by atoms with Gasteiger partial charge < -0.3 is 19.7 Å². The quantitative estimate of drug-likeness (QED) is 0.826. The summed E-state index contributed by atoms with van der Waals surface area (Å²) in [5.74, 6) is 0.989. The molecular weight excluding hydrogens is 351 g/mol. The van der Waals surface area contributed by atoms with Crippen molar-refractivity contribution in [1.82, 2.24) is 10.2 Å². The van der Waals surface area contributed by atoms with Gasteiger partial charge in [0.25, 0.3) is 5.91 Å². The van der Waals surface area contributed by atoms with Gasteiger partial charge in [0, 0.05) is 24.7 Å². The number of piperidine rings is 1. The van der Waals surface area contributed by atoms with E-state index < -0.39 is 0 Å². The molecule has 136 valence electrons. The van der Waals surface area contributed by atoms with Crippen molar-refractivity contribution in [2.45, 2.75) is 32.2 Å². The average Bonchev–Trinajstić information content (AvgIpc) is 2.59. The normalized spacial score (nSPS) is 14.9. The Balaban J connectivity index is 0.00000288. The van der Waals surface area contributed by atoms with E-state index in [0.717, 1.165) is 32.4 Å². The summed E-state index contributed by atoms with van der Waals surface area (Å²) in [6.45, 7) is 4.07. The predicted octanol–water partition coefficient (Wildman–Crippen LogP) is 3.38. The number of carbonyl (C=O) groups excluding carboxylic acids is 1. The van der Waals surface area contributed by atoms with Crippen LogP contribution in [0.25, 0.3) is 0 Å². The molecule has 0 bridgehead atoms. The fourth-order valence-corrected chi connectivity index (χ4v) is 3.01. The molecule has 1 saturated heterocycles. The van der Waals surface area contributed by atoms with Gasteiger partial charge in [-0.15, -0.1) is 12.4 Å². The second-order valence-corrected chi connectivity index (χ2v) is 6.10. The lowest BCUT2D eigenvalue weighted by molar-refractivity contribution is 0.0707. The first-order valence-electron chi connectivity index (χ1n) is 8.07. The Morgan fingerprint density at radius 2 is 2.04 bits per heavy atom. The zero-order valence-corrected chi connectivity index (χ0v) is 16.0. The van der Waals surface area contributed by atoms with Gasteiger partial charge in [-0.3, -0.25) is 4.79 Å². The molecule has 24 heavy (non-hydrogen) atoms. The summed E-state index contributed by atoms with van der Waals surface area (Å²) in [6.07, 6.45) is 2.80. The van der Waals surface area contributed by atoms with Crippen LogP contribution in [0.1, 0.15) is 36.5 Å².